The Hall–Kier alpha value is -1.42. The van der Waals surface area contributed by atoms with Crippen molar-refractivity contribution in [2.75, 3.05) is 25.0 Å². The van der Waals surface area contributed by atoms with E-state index in [-0.39, 0.29) is 16.7 Å². The topological polar surface area (TPSA) is 75.7 Å². The molecule has 9 heteroatoms. The van der Waals surface area contributed by atoms with E-state index in [2.05, 4.69) is 21.2 Å². The summed E-state index contributed by atoms with van der Waals surface area (Å²) in [6.07, 6.45) is 1.31. The van der Waals surface area contributed by atoms with Gasteiger partial charge in [-0.3, -0.25) is 4.79 Å². The second-order valence-electron chi connectivity index (χ2n) is 6.18. The molecule has 0 radical (unpaired) electrons. The van der Waals surface area contributed by atoms with Gasteiger partial charge in [0.1, 0.15) is 9.96 Å². The molecular weight excluding hydrogens is 452 g/mol. The number of para-hydroxylation sites is 2. The fourth-order valence-electron chi connectivity index (χ4n) is 3.02. The van der Waals surface area contributed by atoms with Crippen LogP contribution < -0.4 is 10.1 Å². The molecule has 0 spiro atoms. The molecule has 1 aliphatic heterocycles. The molecule has 1 saturated heterocycles. The third kappa shape index (κ3) is 4.71. The minimum Gasteiger partial charge on any atom is -0.492 e. The van der Waals surface area contributed by atoms with Crippen LogP contribution in [0.3, 0.4) is 0 Å². The number of carbonyl (C=O) groups is 1. The molecule has 146 valence electrons. The van der Waals surface area contributed by atoms with Crippen LogP contribution in [0, 0.1) is 5.92 Å². The van der Waals surface area contributed by atoms with E-state index < -0.39 is 15.9 Å². The minimum atomic E-state index is -3.58. The van der Waals surface area contributed by atoms with Crippen LogP contribution in [0.25, 0.3) is 0 Å². The van der Waals surface area contributed by atoms with E-state index in [1.54, 1.807) is 24.3 Å². The first kappa shape index (κ1) is 20.3. The lowest BCUT2D eigenvalue weighted by Crippen LogP contribution is -2.43. The monoisotopic (exact) mass is 472 g/mol. The summed E-state index contributed by atoms with van der Waals surface area (Å²) in [5.74, 6) is 0.0260. The number of halogens is 1. The number of rotatable bonds is 6. The summed E-state index contributed by atoms with van der Waals surface area (Å²) in [7, 11) is -3.58. The molecule has 0 aliphatic carbocycles. The van der Waals surface area contributed by atoms with Crippen molar-refractivity contribution in [3.8, 4) is 5.75 Å². The molecule has 1 unspecified atom stereocenters. The average Bonchev–Trinajstić information content (AvgIpc) is 3.11. The van der Waals surface area contributed by atoms with Crippen LogP contribution in [-0.4, -0.2) is 38.3 Å². The number of sulfonamides is 1. The maximum absolute atomic E-state index is 12.8. The van der Waals surface area contributed by atoms with E-state index in [0.717, 1.165) is 3.79 Å². The molecule has 27 heavy (non-hydrogen) atoms. The van der Waals surface area contributed by atoms with Crippen LogP contribution in [-0.2, 0) is 14.8 Å². The van der Waals surface area contributed by atoms with Crippen molar-refractivity contribution < 1.29 is 17.9 Å². The number of hydrogen-bond donors (Lipinski definition) is 1. The van der Waals surface area contributed by atoms with E-state index in [4.69, 9.17) is 4.74 Å². The largest absolute Gasteiger partial charge is 0.492 e. The zero-order valence-corrected chi connectivity index (χ0v) is 18.1. The number of amides is 1. The summed E-state index contributed by atoms with van der Waals surface area (Å²) in [6.45, 7) is 2.99. The quantitative estimate of drug-likeness (QED) is 0.690. The molecule has 3 rings (SSSR count). The minimum absolute atomic E-state index is 0.181. The summed E-state index contributed by atoms with van der Waals surface area (Å²) in [5.41, 5.74) is 0.603. The van der Waals surface area contributed by atoms with Crippen molar-refractivity contribution in [1.82, 2.24) is 4.31 Å². The molecule has 1 N–H and O–H groups in total. The number of anilines is 1. The van der Waals surface area contributed by atoms with Gasteiger partial charge < -0.3 is 10.1 Å². The lowest BCUT2D eigenvalue weighted by Gasteiger charge is -2.30. The van der Waals surface area contributed by atoms with Crippen molar-refractivity contribution in [3.05, 3.63) is 40.2 Å². The first-order valence-corrected chi connectivity index (χ1v) is 11.7. The Bertz CT molecular complexity index is 914. The standard InChI is InChI=1S/C18H21BrN2O4S2/c1-2-25-15-8-4-3-7-14(15)20-18(22)13-6-5-11-21(12-13)27(23,24)17-10-9-16(19)26-17/h3-4,7-10,13H,2,5-6,11-12H2,1H3,(H,20,22). The van der Waals surface area contributed by atoms with Gasteiger partial charge in [-0.1, -0.05) is 12.1 Å². The van der Waals surface area contributed by atoms with Crippen LogP contribution in [0.15, 0.2) is 44.4 Å². The van der Waals surface area contributed by atoms with Gasteiger partial charge in [0.2, 0.25) is 5.91 Å². The highest BCUT2D eigenvalue weighted by Crippen LogP contribution is 2.31. The average molecular weight is 473 g/mol. The van der Waals surface area contributed by atoms with Gasteiger partial charge in [-0.2, -0.15) is 4.31 Å². The molecule has 1 aromatic heterocycles. The first-order chi connectivity index (χ1) is 12.9. The number of carbonyl (C=O) groups excluding carboxylic acids is 1. The summed E-state index contributed by atoms with van der Waals surface area (Å²) in [5, 5.41) is 2.89. The number of piperidine rings is 1. The molecule has 1 amide bonds. The lowest BCUT2D eigenvalue weighted by atomic mass is 9.98. The number of nitrogens with one attached hydrogen (secondary N) is 1. The van der Waals surface area contributed by atoms with Crippen molar-refractivity contribution in [1.29, 1.82) is 0 Å². The van der Waals surface area contributed by atoms with E-state index in [1.165, 1.54) is 15.6 Å². The summed E-state index contributed by atoms with van der Waals surface area (Å²) < 4.78 is 33.7. The Balaban J connectivity index is 1.72. The van der Waals surface area contributed by atoms with E-state index in [1.807, 2.05) is 19.1 Å². The van der Waals surface area contributed by atoms with Crippen LogP contribution in [0.1, 0.15) is 19.8 Å². The maximum Gasteiger partial charge on any atom is 0.252 e. The Morgan fingerprint density at radius 1 is 1.33 bits per heavy atom. The van der Waals surface area contributed by atoms with Gasteiger partial charge in [-0.05, 0) is 60.0 Å². The highest BCUT2D eigenvalue weighted by atomic mass is 79.9. The van der Waals surface area contributed by atoms with Gasteiger partial charge in [-0.25, -0.2) is 8.42 Å². The number of hydrogen-bond acceptors (Lipinski definition) is 5. The summed E-state index contributed by atoms with van der Waals surface area (Å²) >= 11 is 4.48. The van der Waals surface area contributed by atoms with E-state index >= 15 is 0 Å². The van der Waals surface area contributed by atoms with Gasteiger partial charge in [0.05, 0.1) is 22.0 Å². The smallest absolute Gasteiger partial charge is 0.252 e. The molecular formula is C18H21BrN2O4S2. The molecule has 1 aliphatic rings. The van der Waals surface area contributed by atoms with Gasteiger partial charge in [-0.15, -0.1) is 11.3 Å². The number of nitrogens with zero attached hydrogens (tertiary/aromatic N) is 1. The van der Waals surface area contributed by atoms with Crippen LogP contribution in [0.2, 0.25) is 0 Å². The molecule has 6 nitrogen and oxygen atoms in total. The predicted molar refractivity (Wildman–Crippen MR) is 110 cm³/mol. The van der Waals surface area contributed by atoms with E-state index in [9.17, 15) is 13.2 Å². The van der Waals surface area contributed by atoms with E-state index in [0.29, 0.717) is 37.4 Å². The first-order valence-electron chi connectivity index (χ1n) is 8.70. The number of benzene rings is 1. The Kier molecular flexibility index (Phi) is 6.56. The van der Waals surface area contributed by atoms with Gasteiger partial charge in [0.25, 0.3) is 10.0 Å². The lowest BCUT2D eigenvalue weighted by molar-refractivity contribution is -0.120. The molecule has 0 bridgehead atoms. The zero-order valence-electron chi connectivity index (χ0n) is 14.9. The third-order valence-electron chi connectivity index (χ3n) is 4.34. The molecule has 1 atom stereocenters. The molecule has 1 aromatic carbocycles. The second-order valence-corrected chi connectivity index (χ2v) is 10.8. The van der Waals surface area contributed by atoms with Gasteiger partial charge >= 0.3 is 0 Å². The molecule has 2 aromatic rings. The predicted octanol–water partition coefficient (Wildman–Crippen LogP) is 3.95. The molecule has 2 heterocycles. The molecule has 0 saturated carbocycles. The van der Waals surface area contributed by atoms with Crippen LogP contribution in [0.4, 0.5) is 5.69 Å². The van der Waals surface area contributed by atoms with Crippen molar-refractivity contribution in [3.63, 3.8) is 0 Å². The normalized spacial score (nSPS) is 18.2. The molecule has 1 fully saturated rings. The van der Waals surface area contributed by atoms with Crippen LogP contribution >= 0.6 is 27.3 Å². The van der Waals surface area contributed by atoms with Gasteiger partial charge in [0, 0.05) is 13.1 Å². The van der Waals surface area contributed by atoms with Crippen molar-refractivity contribution in [2.24, 2.45) is 5.92 Å². The Labute approximate surface area is 171 Å². The third-order valence-corrected chi connectivity index (χ3v) is 8.30. The van der Waals surface area contributed by atoms with Crippen LogP contribution in [0.5, 0.6) is 5.75 Å². The SMILES string of the molecule is CCOc1ccccc1NC(=O)C1CCCN(S(=O)(=O)c2ccc(Br)s2)C1. The number of ether oxygens (including phenoxy) is 1. The Morgan fingerprint density at radius 3 is 2.81 bits per heavy atom. The Morgan fingerprint density at radius 2 is 2.11 bits per heavy atom. The van der Waals surface area contributed by atoms with Crippen molar-refractivity contribution >= 4 is 48.9 Å². The fourth-order valence-corrected chi connectivity index (χ4v) is 6.71. The summed E-state index contributed by atoms with van der Waals surface area (Å²) in [6, 6.07) is 10.6. The highest BCUT2D eigenvalue weighted by Gasteiger charge is 2.34. The van der Waals surface area contributed by atoms with Crippen molar-refractivity contribution in [2.45, 2.75) is 24.0 Å². The zero-order chi connectivity index (χ0) is 19.4. The summed E-state index contributed by atoms with van der Waals surface area (Å²) in [4.78, 5) is 12.7. The van der Waals surface area contributed by atoms with Gasteiger partial charge in [0.15, 0.2) is 0 Å². The fraction of sp³-hybridized carbons (Fsp3) is 0.389. The second kappa shape index (κ2) is 8.72. The highest BCUT2D eigenvalue weighted by molar-refractivity contribution is 9.11. The maximum atomic E-state index is 12.8. The number of thiophene rings is 1.